The van der Waals surface area contributed by atoms with Gasteiger partial charge in [0, 0.05) is 24.4 Å². The molecule has 1 N–H and O–H groups in total. The third-order valence-corrected chi connectivity index (χ3v) is 2.39. The summed E-state index contributed by atoms with van der Waals surface area (Å²) in [6.07, 6.45) is 0.794. The number of nitrogens with zero attached hydrogens (tertiary/aromatic N) is 1. The maximum absolute atomic E-state index is 13.5. The van der Waals surface area contributed by atoms with Crippen LogP contribution in [0.2, 0.25) is 0 Å². The van der Waals surface area contributed by atoms with Crippen LogP contribution in [0, 0.1) is 17.5 Å². The fourth-order valence-corrected chi connectivity index (χ4v) is 1.52. The molecule has 1 aromatic carbocycles. The number of hydrogen-bond acceptors (Lipinski definition) is 2. The molecule has 0 saturated carbocycles. The SMILES string of the molecule is O=C(O)c1ccc(=O)n(-c2cc(F)cc(F)c2F)c1. The van der Waals surface area contributed by atoms with Crippen molar-refractivity contribution in [2.45, 2.75) is 0 Å². The first-order chi connectivity index (χ1) is 8.90. The van der Waals surface area contributed by atoms with E-state index in [1.807, 2.05) is 0 Å². The average molecular weight is 269 g/mol. The van der Waals surface area contributed by atoms with Gasteiger partial charge in [0.2, 0.25) is 0 Å². The molecule has 0 aliphatic carbocycles. The summed E-state index contributed by atoms with van der Waals surface area (Å²) in [6.45, 7) is 0. The molecule has 0 radical (unpaired) electrons. The highest BCUT2D eigenvalue weighted by Gasteiger charge is 2.15. The van der Waals surface area contributed by atoms with Gasteiger partial charge in [0.1, 0.15) is 5.82 Å². The Bertz CT molecular complexity index is 725. The Morgan fingerprint density at radius 3 is 2.47 bits per heavy atom. The number of carbonyl (C=O) groups is 1. The molecule has 0 fully saturated rings. The van der Waals surface area contributed by atoms with E-state index in [9.17, 15) is 22.8 Å². The van der Waals surface area contributed by atoms with E-state index in [4.69, 9.17) is 5.11 Å². The summed E-state index contributed by atoms with van der Waals surface area (Å²) in [4.78, 5) is 22.3. The van der Waals surface area contributed by atoms with Crippen LogP contribution < -0.4 is 5.56 Å². The lowest BCUT2D eigenvalue weighted by molar-refractivity contribution is 0.0696. The van der Waals surface area contributed by atoms with Crippen molar-refractivity contribution in [2.24, 2.45) is 0 Å². The fourth-order valence-electron chi connectivity index (χ4n) is 1.52. The van der Waals surface area contributed by atoms with Gasteiger partial charge in [0.05, 0.1) is 11.3 Å². The van der Waals surface area contributed by atoms with Gasteiger partial charge in [-0.15, -0.1) is 0 Å². The number of pyridine rings is 1. The minimum absolute atomic E-state index is 0.316. The number of aromatic carboxylic acids is 1. The molecule has 0 atom stereocenters. The van der Waals surface area contributed by atoms with E-state index in [0.29, 0.717) is 16.7 Å². The third-order valence-electron chi connectivity index (χ3n) is 2.39. The number of benzene rings is 1. The largest absolute Gasteiger partial charge is 0.478 e. The highest BCUT2D eigenvalue weighted by Crippen LogP contribution is 2.17. The summed E-state index contributed by atoms with van der Waals surface area (Å²) in [7, 11) is 0. The zero-order chi connectivity index (χ0) is 14.2. The van der Waals surface area contributed by atoms with Gasteiger partial charge in [-0.1, -0.05) is 0 Å². The number of carboxylic acids is 1. The zero-order valence-corrected chi connectivity index (χ0v) is 9.23. The first-order valence-corrected chi connectivity index (χ1v) is 5.01. The Kier molecular flexibility index (Phi) is 3.12. The maximum atomic E-state index is 13.5. The van der Waals surface area contributed by atoms with Crippen molar-refractivity contribution in [3.05, 3.63) is 63.8 Å². The molecule has 0 bridgehead atoms. The second-order valence-corrected chi connectivity index (χ2v) is 3.65. The molecule has 1 aromatic heterocycles. The van der Waals surface area contributed by atoms with Gasteiger partial charge >= 0.3 is 5.97 Å². The Morgan fingerprint density at radius 2 is 1.84 bits per heavy atom. The van der Waals surface area contributed by atoms with Gasteiger partial charge in [-0.3, -0.25) is 9.36 Å². The Morgan fingerprint density at radius 1 is 1.16 bits per heavy atom. The van der Waals surface area contributed by atoms with E-state index in [1.54, 1.807) is 0 Å². The molecule has 0 amide bonds. The summed E-state index contributed by atoms with van der Waals surface area (Å²) >= 11 is 0. The number of hydrogen-bond donors (Lipinski definition) is 1. The van der Waals surface area contributed by atoms with Crippen LogP contribution in [0.3, 0.4) is 0 Å². The Balaban J connectivity index is 2.75. The quantitative estimate of drug-likeness (QED) is 0.848. The standard InChI is InChI=1S/C12H6F3NO3/c13-7-3-8(14)11(15)9(4-7)16-5-6(12(18)19)1-2-10(16)17/h1-5H,(H,18,19). The summed E-state index contributed by atoms with van der Waals surface area (Å²) in [6, 6.07) is 2.80. The van der Waals surface area contributed by atoms with Crippen molar-refractivity contribution >= 4 is 5.97 Å². The normalized spacial score (nSPS) is 10.5. The van der Waals surface area contributed by atoms with Crippen LogP contribution in [0.5, 0.6) is 0 Å². The number of halogens is 3. The smallest absolute Gasteiger partial charge is 0.337 e. The molecule has 0 aliphatic heterocycles. The summed E-state index contributed by atoms with van der Waals surface area (Å²) in [5, 5.41) is 8.77. The van der Waals surface area contributed by atoms with Crippen LogP contribution in [-0.2, 0) is 0 Å². The molecular formula is C12H6F3NO3. The highest BCUT2D eigenvalue weighted by atomic mass is 19.2. The second kappa shape index (κ2) is 4.60. The van der Waals surface area contributed by atoms with Crippen molar-refractivity contribution in [3.63, 3.8) is 0 Å². The molecule has 0 aliphatic rings. The minimum Gasteiger partial charge on any atom is -0.478 e. The lowest BCUT2D eigenvalue weighted by atomic mass is 10.2. The molecular weight excluding hydrogens is 263 g/mol. The van der Waals surface area contributed by atoms with Crippen molar-refractivity contribution < 1.29 is 23.1 Å². The van der Waals surface area contributed by atoms with Crippen molar-refractivity contribution in [1.82, 2.24) is 4.57 Å². The number of rotatable bonds is 2. The van der Waals surface area contributed by atoms with Gasteiger partial charge in [-0.2, -0.15) is 0 Å². The Hall–Kier alpha value is -2.57. The van der Waals surface area contributed by atoms with E-state index in [1.165, 1.54) is 0 Å². The van der Waals surface area contributed by atoms with E-state index in [2.05, 4.69) is 0 Å². The van der Waals surface area contributed by atoms with Gasteiger partial charge in [-0.05, 0) is 6.07 Å². The van der Waals surface area contributed by atoms with Gasteiger partial charge < -0.3 is 5.11 Å². The molecule has 2 aromatic rings. The van der Waals surface area contributed by atoms with E-state index in [-0.39, 0.29) is 5.56 Å². The lowest BCUT2D eigenvalue weighted by Crippen LogP contribution is -2.20. The van der Waals surface area contributed by atoms with Crippen LogP contribution in [-0.4, -0.2) is 15.6 Å². The number of aromatic nitrogens is 1. The maximum Gasteiger partial charge on any atom is 0.337 e. The average Bonchev–Trinajstić information content (AvgIpc) is 2.34. The highest BCUT2D eigenvalue weighted by molar-refractivity contribution is 5.87. The van der Waals surface area contributed by atoms with Crippen LogP contribution in [0.25, 0.3) is 5.69 Å². The van der Waals surface area contributed by atoms with Gasteiger partial charge in [0.25, 0.3) is 5.56 Å². The van der Waals surface area contributed by atoms with Gasteiger partial charge in [-0.25, -0.2) is 18.0 Å². The molecule has 4 nitrogen and oxygen atoms in total. The second-order valence-electron chi connectivity index (χ2n) is 3.65. The third kappa shape index (κ3) is 2.35. The molecule has 0 unspecified atom stereocenters. The first kappa shape index (κ1) is 12.9. The van der Waals surface area contributed by atoms with Crippen molar-refractivity contribution in [2.75, 3.05) is 0 Å². The summed E-state index contributed by atoms with van der Waals surface area (Å²) < 4.78 is 40.2. The predicted molar refractivity (Wildman–Crippen MR) is 58.9 cm³/mol. The van der Waals surface area contributed by atoms with E-state index in [0.717, 1.165) is 18.3 Å². The van der Waals surface area contributed by atoms with Crippen LogP contribution in [0.1, 0.15) is 10.4 Å². The number of carboxylic acid groups (broad SMARTS) is 1. The zero-order valence-electron chi connectivity index (χ0n) is 9.23. The van der Waals surface area contributed by atoms with Crippen molar-refractivity contribution in [1.29, 1.82) is 0 Å². The van der Waals surface area contributed by atoms with Crippen LogP contribution >= 0.6 is 0 Å². The summed E-state index contributed by atoms with van der Waals surface area (Å²) in [5.41, 5.74) is -1.82. The summed E-state index contributed by atoms with van der Waals surface area (Å²) in [5.74, 6) is -5.35. The first-order valence-electron chi connectivity index (χ1n) is 5.01. The van der Waals surface area contributed by atoms with Gasteiger partial charge in [0.15, 0.2) is 11.6 Å². The molecule has 1 heterocycles. The molecule has 0 spiro atoms. The minimum atomic E-state index is -1.47. The molecule has 2 rings (SSSR count). The molecule has 98 valence electrons. The molecule has 0 saturated heterocycles. The van der Waals surface area contributed by atoms with Crippen LogP contribution in [0.4, 0.5) is 13.2 Å². The lowest BCUT2D eigenvalue weighted by Gasteiger charge is -2.08. The molecule has 7 heteroatoms. The van der Waals surface area contributed by atoms with Crippen LogP contribution in [0.15, 0.2) is 35.3 Å². The van der Waals surface area contributed by atoms with E-state index >= 15 is 0 Å². The van der Waals surface area contributed by atoms with Crippen molar-refractivity contribution in [3.8, 4) is 5.69 Å². The topological polar surface area (TPSA) is 59.3 Å². The predicted octanol–water partition coefficient (Wildman–Crippen LogP) is 1.95. The monoisotopic (exact) mass is 269 g/mol. The fraction of sp³-hybridized carbons (Fsp3) is 0. The molecule has 19 heavy (non-hydrogen) atoms. The van der Waals surface area contributed by atoms with E-state index < -0.39 is 34.7 Å². The Labute approximate surface area is 104 Å².